The van der Waals surface area contributed by atoms with E-state index in [0.29, 0.717) is 0 Å². The average Bonchev–Trinajstić information content (AvgIpc) is 2.67. The van der Waals surface area contributed by atoms with Gasteiger partial charge >= 0.3 is 0 Å². The van der Waals surface area contributed by atoms with Gasteiger partial charge in [-0.05, 0) is 12.1 Å². The van der Waals surface area contributed by atoms with Gasteiger partial charge in [0, 0.05) is 23.8 Å². The van der Waals surface area contributed by atoms with E-state index in [4.69, 9.17) is 9.47 Å². The van der Waals surface area contributed by atoms with Crippen molar-refractivity contribution in [2.24, 2.45) is 0 Å². The van der Waals surface area contributed by atoms with Crippen molar-refractivity contribution in [2.45, 2.75) is 30.7 Å². The first-order valence-electron chi connectivity index (χ1n) is 8.73. The monoisotopic (exact) mass is 424 g/mol. The number of benzene rings is 2. The van der Waals surface area contributed by atoms with Crippen molar-refractivity contribution in [3.8, 4) is 28.7 Å². The summed E-state index contributed by atoms with van der Waals surface area (Å²) < 4.78 is 10.6. The highest BCUT2D eigenvalue weighted by molar-refractivity contribution is 6.12. The number of rotatable bonds is 5. The Balaban J connectivity index is 1.90. The minimum Gasteiger partial charge on any atom is -0.508 e. The van der Waals surface area contributed by atoms with Crippen LogP contribution in [-0.2, 0) is 4.74 Å². The normalized spacial score (nSPS) is 26.3. The molecule has 1 heterocycles. The van der Waals surface area contributed by atoms with Gasteiger partial charge in [-0.3, -0.25) is 4.79 Å². The zero-order chi connectivity index (χ0) is 22.2. The van der Waals surface area contributed by atoms with E-state index in [1.165, 1.54) is 0 Å². The predicted molar refractivity (Wildman–Crippen MR) is 97.4 cm³/mol. The van der Waals surface area contributed by atoms with Crippen LogP contribution in [0.15, 0.2) is 30.3 Å². The molecule has 0 bridgehead atoms. The van der Waals surface area contributed by atoms with E-state index in [9.17, 15) is 45.6 Å². The molecule has 1 aliphatic rings. The number of hydrogen-bond donors (Lipinski definition) is 8. The lowest BCUT2D eigenvalue weighted by Gasteiger charge is -2.39. The van der Waals surface area contributed by atoms with Gasteiger partial charge in [-0.15, -0.1) is 0 Å². The molecule has 0 saturated carbocycles. The van der Waals surface area contributed by atoms with Crippen LogP contribution in [0.3, 0.4) is 0 Å². The minimum absolute atomic E-state index is 0.194. The fraction of sp³-hybridized carbons (Fsp3) is 0.316. The van der Waals surface area contributed by atoms with Crippen LogP contribution in [0, 0.1) is 0 Å². The van der Waals surface area contributed by atoms with Crippen molar-refractivity contribution in [2.75, 3.05) is 6.61 Å². The van der Waals surface area contributed by atoms with Gasteiger partial charge in [-0.2, -0.15) is 0 Å². The quantitative estimate of drug-likeness (QED) is 0.272. The first-order chi connectivity index (χ1) is 14.1. The first kappa shape index (κ1) is 21.6. The third-order valence-corrected chi connectivity index (χ3v) is 4.56. The zero-order valence-corrected chi connectivity index (χ0v) is 15.3. The highest BCUT2D eigenvalue weighted by atomic mass is 16.7. The molecule has 3 rings (SSSR count). The van der Waals surface area contributed by atoms with E-state index in [1.54, 1.807) is 0 Å². The van der Waals surface area contributed by atoms with Crippen molar-refractivity contribution in [3.63, 3.8) is 0 Å². The molecule has 2 aromatic rings. The van der Waals surface area contributed by atoms with Gasteiger partial charge < -0.3 is 50.3 Å². The number of carbonyl (C=O) groups excluding carboxylic acids is 1. The maximum absolute atomic E-state index is 12.7. The van der Waals surface area contributed by atoms with Gasteiger partial charge in [0.25, 0.3) is 0 Å². The molecule has 1 aliphatic heterocycles. The van der Waals surface area contributed by atoms with E-state index in [0.717, 1.165) is 30.3 Å². The number of aliphatic hydroxyl groups excluding tert-OH is 4. The van der Waals surface area contributed by atoms with Gasteiger partial charge in [-0.25, -0.2) is 0 Å². The molecule has 162 valence electrons. The number of carbonyl (C=O) groups is 1. The van der Waals surface area contributed by atoms with Crippen molar-refractivity contribution >= 4 is 5.78 Å². The van der Waals surface area contributed by atoms with Crippen LogP contribution in [0.4, 0.5) is 0 Å². The Morgan fingerprint density at radius 3 is 2.07 bits per heavy atom. The molecule has 0 unspecified atom stereocenters. The maximum atomic E-state index is 12.7. The zero-order valence-electron chi connectivity index (χ0n) is 15.3. The van der Waals surface area contributed by atoms with Crippen molar-refractivity contribution < 1.29 is 55.1 Å². The minimum atomic E-state index is -1.71. The topological polar surface area (TPSA) is 197 Å². The smallest absolute Gasteiger partial charge is 0.229 e. The molecule has 0 amide bonds. The number of phenolic OH excluding ortho intramolecular Hbond substituents is 4. The number of phenols is 4. The second kappa shape index (κ2) is 8.34. The third-order valence-electron chi connectivity index (χ3n) is 4.56. The molecule has 1 saturated heterocycles. The highest BCUT2D eigenvalue weighted by Crippen LogP contribution is 2.35. The molecule has 1 fully saturated rings. The lowest BCUT2D eigenvalue weighted by molar-refractivity contribution is -0.277. The van der Waals surface area contributed by atoms with E-state index in [2.05, 4.69) is 0 Å². The Hall–Kier alpha value is -3.09. The lowest BCUT2D eigenvalue weighted by Crippen LogP contribution is -2.60. The molecule has 0 spiro atoms. The largest absolute Gasteiger partial charge is 0.508 e. The second-order valence-electron chi connectivity index (χ2n) is 6.72. The molecular weight excluding hydrogens is 404 g/mol. The highest BCUT2D eigenvalue weighted by Gasteiger charge is 2.44. The summed E-state index contributed by atoms with van der Waals surface area (Å²) in [4.78, 5) is 12.7. The Morgan fingerprint density at radius 2 is 1.47 bits per heavy atom. The Morgan fingerprint density at radius 1 is 0.867 bits per heavy atom. The summed E-state index contributed by atoms with van der Waals surface area (Å²) in [6.45, 7) is -0.673. The Kier molecular flexibility index (Phi) is 6.01. The Labute approximate surface area is 169 Å². The number of hydrogen-bond acceptors (Lipinski definition) is 11. The molecule has 30 heavy (non-hydrogen) atoms. The molecule has 0 radical (unpaired) electrons. The standard InChI is InChI=1S/C19H20O11/c20-6-13-16(26)17(27)18(28)19(30-13)29-10-2-7(1-8(21)3-10)15(25)14-11(23)4-9(22)5-12(14)24/h1-5,13,16-24,26-28H,6H2/t13-,16-,17+,18-,19-/m1/s1. The second-order valence-corrected chi connectivity index (χ2v) is 6.72. The van der Waals surface area contributed by atoms with E-state index < -0.39 is 71.7 Å². The summed E-state index contributed by atoms with van der Waals surface area (Å²) in [5.74, 6) is -3.42. The predicted octanol–water partition coefficient (Wildman–Crippen LogP) is -1.08. The summed E-state index contributed by atoms with van der Waals surface area (Å²) in [7, 11) is 0. The van der Waals surface area contributed by atoms with Crippen molar-refractivity contribution in [1.82, 2.24) is 0 Å². The summed E-state index contributed by atoms with van der Waals surface area (Å²) in [6, 6.07) is 4.89. The molecule has 11 heteroatoms. The van der Waals surface area contributed by atoms with E-state index in [-0.39, 0.29) is 11.3 Å². The maximum Gasteiger partial charge on any atom is 0.229 e. The number of aliphatic hydroxyl groups is 4. The lowest BCUT2D eigenvalue weighted by atomic mass is 9.99. The summed E-state index contributed by atoms with van der Waals surface area (Å²) in [6.07, 6.45) is -7.77. The summed E-state index contributed by atoms with van der Waals surface area (Å²) in [5, 5.41) is 78.0. The Bertz CT molecular complexity index is 919. The van der Waals surface area contributed by atoms with Crippen LogP contribution in [0.5, 0.6) is 28.7 Å². The fourth-order valence-electron chi connectivity index (χ4n) is 3.06. The molecule has 11 nitrogen and oxygen atoms in total. The average molecular weight is 424 g/mol. The molecular formula is C19H20O11. The van der Waals surface area contributed by atoms with Gasteiger partial charge in [0.05, 0.1) is 6.61 Å². The van der Waals surface area contributed by atoms with Crippen LogP contribution < -0.4 is 4.74 Å². The van der Waals surface area contributed by atoms with Gasteiger partial charge in [-0.1, -0.05) is 0 Å². The summed E-state index contributed by atoms with van der Waals surface area (Å²) >= 11 is 0. The SMILES string of the molecule is O=C(c1cc(O)cc(O[C@@H]2O[C@H](CO)[C@@H](O)[C@H](O)[C@H]2O)c1)c1c(O)cc(O)cc1O. The third kappa shape index (κ3) is 4.10. The van der Waals surface area contributed by atoms with Crippen LogP contribution in [0.25, 0.3) is 0 Å². The van der Waals surface area contributed by atoms with Gasteiger partial charge in [0.15, 0.2) is 0 Å². The molecule has 8 N–H and O–H groups in total. The van der Waals surface area contributed by atoms with Gasteiger partial charge in [0.1, 0.15) is 58.7 Å². The van der Waals surface area contributed by atoms with Crippen LogP contribution in [-0.4, -0.2) is 83.9 Å². The van der Waals surface area contributed by atoms with Gasteiger partial charge in [0.2, 0.25) is 12.1 Å². The van der Waals surface area contributed by atoms with Crippen molar-refractivity contribution in [1.29, 1.82) is 0 Å². The molecule has 0 aromatic heterocycles. The fourth-order valence-corrected chi connectivity index (χ4v) is 3.06. The van der Waals surface area contributed by atoms with Crippen LogP contribution in [0.1, 0.15) is 15.9 Å². The van der Waals surface area contributed by atoms with E-state index in [1.807, 2.05) is 0 Å². The molecule has 2 aromatic carbocycles. The number of aromatic hydroxyl groups is 4. The molecule has 0 aliphatic carbocycles. The van der Waals surface area contributed by atoms with Crippen molar-refractivity contribution in [3.05, 3.63) is 41.5 Å². The number of ether oxygens (including phenoxy) is 2. The number of ketones is 1. The van der Waals surface area contributed by atoms with Crippen LogP contribution in [0.2, 0.25) is 0 Å². The van der Waals surface area contributed by atoms with E-state index >= 15 is 0 Å². The summed E-state index contributed by atoms with van der Waals surface area (Å²) in [5.41, 5.74) is -0.761. The molecule has 5 atom stereocenters. The first-order valence-corrected chi connectivity index (χ1v) is 8.73. The van der Waals surface area contributed by atoms with Crippen LogP contribution >= 0.6 is 0 Å².